The van der Waals surface area contributed by atoms with Crippen LogP contribution in [0.1, 0.15) is 16.6 Å². The first-order valence-corrected chi connectivity index (χ1v) is 7.20. The van der Waals surface area contributed by atoms with Gasteiger partial charge in [-0.05, 0) is 19.1 Å². The number of hydrogen-bond donors (Lipinski definition) is 0. The van der Waals surface area contributed by atoms with E-state index in [1.54, 1.807) is 7.11 Å². The van der Waals surface area contributed by atoms with Gasteiger partial charge in [0.25, 0.3) is 0 Å². The van der Waals surface area contributed by atoms with Crippen LogP contribution in [0.25, 0.3) is 21.0 Å². The lowest BCUT2D eigenvalue weighted by atomic mass is 10.1. The lowest BCUT2D eigenvalue weighted by molar-refractivity contribution is 0.0532. The fourth-order valence-electron chi connectivity index (χ4n) is 2.42. The first-order chi connectivity index (χ1) is 9.65. The van der Waals surface area contributed by atoms with E-state index < -0.39 is 0 Å². The Morgan fingerprint density at radius 2 is 2.15 bits per heavy atom. The van der Waals surface area contributed by atoms with Crippen molar-refractivity contribution in [2.45, 2.75) is 6.92 Å². The highest BCUT2D eigenvalue weighted by Crippen LogP contribution is 2.38. The molecule has 0 aliphatic rings. The quantitative estimate of drug-likeness (QED) is 0.692. The number of hydrogen-bond acceptors (Lipinski definition) is 4. The number of rotatable bonds is 3. The van der Waals surface area contributed by atoms with E-state index in [0.717, 1.165) is 26.7 Å². The SMILES string of the molecule is CCOC(=O)c1cc2c(cc(OC)c3c2ccn3C)s1. The summed E-state index contributed by atoms with van der Waals surface area (Å²) in [7, 11) is 3.64. The summed E-state index contributed by atoms with van der Waals surface area (Å²) in [5, 5.41) is 2.16. The summed E-state index contributed by atoms with van der Waals surface area (Å²) in [6.07, 6.45) is 1.99. The molecule has 0 fully saturated rings. The molecule has 0 radical (unpaired) electrons. The normalized spacial score (nSPS) is 11.2. The van der Waals surface area contributed by atoms with Gasteiger partial charge in [-0.2, -0.15) is 0 Å². The Labute approximate surface area is 120 Å². The average Bonchev–Trinajstić information content (AvgIpc) is 3.02. The maximum absolute atomic E-state index is 11.9. The van der Waals surface area contributed by atoms with Gasteiger partial charge in [0, 0.05) is 34.8 Å². The van der Waals surface area contributed by atoms with E-state index in [0.29, 0.717) is 11.5 Å². The predicted molar refractivity (Wildman–Crippen MR) is 80.8 cm³/mol. The van der Waals surface area contributed by atoms with Crippen molar-refractivity contribution in [2.75, 3.05) is 13.7 Å². The van der Waals surface area contributed by atoms with Crippen LogP contribution in [0.2, 0.25) is 0 Å². The van der Waals surface area contributed by atoms with Gasteiger partial charge < -0.3 is 14.0 Å². The smallest absolute Gasteiger partial charge is 0.348 e. The Balaban J connectivity index is 2.28. The fourth-order valence-corrected chi connectivity index (χ4v) is 3.42. The van der Waals surface area contributed by atoms with Crippen molar-refractivity contribution in [3.05, 3.63) is 29.3 Å². The van der Waals surface area contributed by atoms with Crippen molar-refractivity contribution >= 4 is 38.3 Å². The standard InChI is InChI=1S/C15H15NO3S/c1-4-19-15(17)13-7-10-9-5-6-16(2)14(9)11(18-3)8-12(10)20-13/h5-8H,4H2,1-3H3. The van der Waals surface area contributed by atoms with Gasteiger partial charge in [-0.1, -0.05) is 0 Å². The van der Waals surface area contributed by atoms with Crippen LogP contribution in [-0.2, 0) is 11.8 Å². The van der Waals surface area contributed by atoms with Crippen LogP contribution in [0.3, 0.4) is 0 Å². The molecule has 0 amide bonds. The number of aryl methyl sites for hydroxylation is 1. The number of methoxy groups -OCH3 is 1. The van der Waals surface area contributed by atoms with Gasteiger partial charge in [-0.15, -0.1) is 11.3 Å². The molecule has 104 valence electrons. The van der Waals surface area contributed by atoms with E-state index in [1.807, 2.05) is 42.9 Å². The minimum absolute atomic E-state index is 0.267. The molecule has 0 N–H and O–H groups in total. The molecule has 20 heavy (non-hydrogen) atoms. The molecule has 0 unspecified atom stereocenters. The molecule has 0 atom stereocenters. The zero-order chi connectivity index (χ0) is 14.3. The monoisotopic (exact) mass is 289 g/mol. The number of ether oxygens (including phenoxy) is 2. The summed E-state index contributed by atoms with van der Waals surface area (Å²) in [5.74, 6) is 0.550. The molecule has 0 saturated carbocycles. The van der Waals surface area contributed by atoms with Gasteiger partial charge in [-0.3, -0.25) is 0 Å². The van der Waals surface area contributed by atoms with E-state index in [4.69, 9.17) is 9.47 Å². The van der Waals surface area contributed by atoms with Gasteiger partial charge in [0.1, 0.15) is 10.6 Å². The maximum Gasteiger partial charge on any atom is 0.348 e. The number of fused-ring (bicyclic) bond motifs is 3. The topological polar surface area (TPSA) is 40.5 Å². The summed E-state index contributed by atoms with van der Waals surface area (Å²) in [6.45, 7) is 2.20. The van der Waals surface area contributed by atoms with Gasteiger partial charge in [0.2, 0.25) is 0 Å². The molecule has 3 rings (SSSR count). The van der Waals surface area contributed by atoms with E-state index in [2.05, 4.69) is 0 Å². The summed E-state index contributed by atoms with van der Waals surface area (Å²) in [5.41, 5.74) is 1.04. The molecular weight excluding hydrogens is 274 g/mol. The van der Waals surface area contributed by atoms with Crippen molar-refractivity contribution < 1.29 is 14.3 Å². The number of esters is 1. The third kappa shape index (κ3) is 1.86. The number of aromatic nitrogens is 1. The Morgan fingerprint density at radius 1 is 1.35 bits per heavy atom. The minimum Gasteiger partial charge on any atom is -0.494 e. The van der Waals surface area contributed by atoms with E-state index in [1.165, 1.54) is 11.3 Å². The molecule has 5 heteroatoms. The molecule has 2 heterocycles. The Kier molecular flexibility index (Phi) is 3.14. The summed E-state index contributed by atoms with van der Waals surface area (Å²) < 4.78 is 13.6. The first kappa shape index (κ1) is 13.0. The summed E-state index contributed by atoms with van der Waals surface area (Å²) in [4.78, 5) is 12.5. The Hall–Kier alpha value is -2.01. The molecule has 0 bridgehead atoms. The predicted octanol–water partition coefficient (Wildman–Crippen LogP) is 3.58. The van der Waals surface area contributed by atoms with Crippen LogP contribution < -0.4 is 4.74 Å². The molecule has 4 nitrogen and oxygen atoms in total. The minimum atomic E-state index is -0.267. The van der Waals surface area contributed by atoms with Crippen LogP contribution in [0, 0.1) is 0 Å². The number of nitrogens with zero attached hydrogens (tertiary/aromatic N) is 1. The zero-order valence-electron chi connectivity index (χ0n) is 11.6. The second kappa shape index (κ2) is 4.83. The zero-order valence-corrected chi connectivity index (χ0v) is 12.4. The van der Waals surface area contributed by atoms with Crippen LogP contribution in [0.4, 0.5) is 0 Å². The molecule has 0 aliphatic carbocycles. The molecule has 0 spiro atoms. The lowest BCUT2D eigenvalue weighted by Crippen LogP contribution is -2.01. The second-order valence-corrected chi connectivity index (χ2v) is 5.59. The van der Waals surface area contributed by atoms with E-state index in [9.17, 15) is 4.79 Å². The summed E-state index contributed by atoms with van der Waals surface area (Å²) >= 11 is 1.44. The number of benzene rings is 1. The lowest BCUT2D eigenvalue weighted by Gasteiger charge is -2.05. The van der Waals surface area contributed by atoms with Crippen LogP contribution in [-0.4, -0.2) is 24.3 Å². The highest BCUT2D eigenvalue weighted by Gasteiger charge is 2.16. The highest BCUT2D eigenvalue weighted by atomic mass is 32.1. The van der Waals surface area contributed by atoms with Gasteiger partial charge in [-0.25, -0.2) is 4.79 Å². The third-order valence-electron chi connectivity index (χ3n) is 3.32. The Morgan fingerprint density at radius 3 is 2.85 bits per heavy atom. The maximum atomic E-state index is 11.9. The first-order valence-electron chi connectivity index (χ1n) is 6.38. The van der Waals surface area contributed by atoms with Crippen molar-refractivity contribution in [3.8, 4) is 5.75 Å². The van der Waals surface area contributed by atoms with Crippen LogP contribution in [0.15, 0.2) is 24.4 Å². The van der Waals surface area contributed by atoms with Crippen molar-refractivity contribution in [3.63, 3.8) is 0 Å². The third-order valence-corrected chi connectivity index (χ3v) is 4.38. The van der Waals surface area contributed by atoms with E-state index in [-0.39, 0.29) is 5.97 Å². The van der Waals surface area contributed by atoms with Crippen molar-refractivity contribution in [2.24, 2.45) is 7.05 Å². The van der Waals surface area contributed by atoms with Crippen LogP contribution in [0.5, 0.6) is 5.75 Å². The molecular formula is C15H15NO3S. The number of carbonyl (C=O) groups excluding carboxylic acids is 1. The Bertz CT molecular complexity index is 800. The van der Waals surface area contributed by atoms with Crippen molar-refractivity contribution in [1.82, 2.24) is 4.57 Å². The fraction of sp³-hybridized carbons (Fsp3) is 0.267. The molecule has 2 aromatic heterocycles. The number of carbonyl (C=O) groups is 1. The van der Waals surface area contributed by atoms with Crippen LogP contribution >= 0.6 is 11.3 Å². The summed E-state index contributed by atoms with van der Waals surface area (Å²) in [6, 6.07) is 5.92. The van der Waals surface area contributed by atoms with Gasteiger partial charge in [0.15, 0.2) is 0 Å². The largest absolute Gasteiger partial charge is 0.494 e. The second-order valence-electron chi connectivity index (χ2n) is 4.51. The highest BCUT2D eigenvalue weighted by molar-refractivity contribution is 7.21. The molecule has 3 aromatic rings. The molecule has 0 saturated heterocycles. The van der Waals surface area contributed by atoms with Gasteiger partial charge >= 0.3 is 5.97 Å². The number of thiophene rings is 1. The molecule has 0 aliphatic heterocycles. The van der Waals surface area contributed by atoms with E-state index >= 15 is 0 Å². The van der Waals surface area contributed by atoms with Gasteiger partial charge in [0.05, 0.1) is 19.2 Å². The molecule has 1 aromatic carbocycles. The van der Waals surface area contributed by atoms with Crippen molar-refractivity contribution in [1.29, 1.82) is 0 Å². The average molecular weight is 289 g/mol.